The first-order chi connectivity index (χ1) is 12.0. The van der Waals surface area contributed by atoms with Crippen molar-refractivity contribution < 1.29 is 19.1 Å². The van der Waals surface area contributed by atoms with Crippen LogP contribution in [0, 0.1) is 0 Å². The van der Waals surface area contributed by atoms with Crippen molar-refractivity contribution in [3.8, 4) is 5.75 Å². The lowest BCUT2D eigenvalue weighted by Gasteiger charge is -2.13. The largest absolute Gasteiger partial charge is 0.480 e. The Kier molecular flexibility index (Phi) is 6.65. The Bertz CT molecular complexity index is 732. The first-order valence-electron chi connectivity index (χ1n) is 7.56. The summed E-state index contributed by atoms with van der Waals surface area (Å²) in [5.74, 6) is -0.701. The number of para-hydroxylation sites is 1. The van der Waals surface area contributed by atoms with Gasteiger partial charge in [-0.05, 0) is 36.4 Å². The molecule has 0 heterocycles. The van der Waals surface area contributed by atoms with Gasteiger partial charge >= 0.3 is 5.97 Å². The van der Waals surface area contributed by atoms with E-state index in [1.54, 1.807) is 36.4 Å². The number of ether oxygens (including phenoxy) is 2. The predicted molar refractivity (Wildman–Crippen MR) is 97.3 cm³/mol. The maximum Gasteiger partial charge on any atom is 0.344 e. The minimum absolute atomic E-state index is 0.325. The van der Waals surface area contributed by atoms with E-state index < -0.39 is 11.9 Å². The van der Waals surface area contributed by atoms with Gasteiger partial charge in [0.2, 0.25) is 0 Å². The number of hydrogen-bond acceptors (Lipinski definition) is 5. The molecule has 0 unspecified atom stereocenters. The van der Waals surface area contributed by atoms with Crippen LogP contribution in [0.2, 0.25) is 5.02 Å². The lowest BCUT2D eigenvalue weighted by atomic mass is 10.2. The first kappa shape index (κ1) is 18.6. The van der Waals surface area contributed by atoms with Gasteiger partial charge in [0.15, 0.2) is 13.2 Å². The van der Waals surface area contributed by atoms with Crippen LogP contribution in [-0.4, -0.2) is 39.2 Å². The highest BCUT2D eigenvalue weighted by Crippen LogP contribution is 2.22. The lowest BCUT2D eigenvalue weighted by molar-refractivity contribution is -0.149. The number of benzene rings is 2. The van der Waals surface area contributed by atoms with E-state index in [2.05, 4.69) is 5.32 Å². The highest BCUT2D eigenvalue weighted by atomic mass is 35.5. The number of nitrogens with one attached hydrogen (secondary N) is 1. The number of halogens is 1. The van der Waals surface area contributed by atoms with Crippen LogP contribution in [0.1, 0.15) is 0 Å². The van der Waals surface area contributed by atoms with Gasteiger partial charge < -0.3 is 19.7 Å². The molecule has 0 spiro atoms. The molecule has 1 amide bonds. The molecule has 2 aromatic carbocycles. The normalized spacial score (nSPS) is 10.0. The third kappa shape index (κ3) is 6.00. The van der Waals surface area contributed by atoms with E-state index in [-0.39, 0.29) is 13.2 Å². The summed E-state index contributed by atoms with van der Waals surface area (Å²) in [6.45, 7) is -0.714. The van der Waals surface area contributed by atoms with Crippen molar-refractivity contribution in [2.45, 2.75) is 0 Å². The number of anilines is 2. The second-order valence-corrected chi connectivity index (χ2v) is 5.78. The third-order valence-electron chi connectivity index (χ3n) is 3.21. The van der Waals surface area contributed by atoms with Crippen LogP contribution in [0.3, 0.4) is 0 Å². The first-order valence-corrected chi connectivity index (χ1v) is 7.93. The van der Waals surface area contributed by atoms with Crippen LogP contribution in [0.25, 0.3) is 0 Å². The Morgan fingerprint density at radius 3 is 2.36 bits per heavy atom. The molecule has 0 aromatic heterocycles. The summed E-state index contributed by atoms with van der Waals surface area (Å²) in [5, 5.41) is 3.05. The molecule has 0 bridgehead atoms. The average Bonchev–Trinajstić information content (AvgIpc) is 2.59. The maximum absolute atomic E-state index is 11.8. The number of carbonyl (C=O) groups excluding carboxylic acids is 2. The number of hydrogen-bond donors (Lipinski definition) is 1. The summed E-state index contributed by atoms with van der Waals surface area (Å²) in [6.07, 6.45) is 0. The van der Waals surface area contributed by atoms with E-state index >= 15 is 0 Å². The van der Waals surface area contributed by atoms with Crippen molar-refractivity contribution in [1.29, 1.82) is 0 Å². The summed E-state index contributed by atoms with van der Waals surface area (Å²) >= 11 is 5.91. The fraction of sp³-hybridized carbons (Fsp3) is 0.222. The Hall–Kier alpha value is -2.73. The van der Waals surface area contributed by atoms with E-state index in [0.717, 1.165) is 5.69 Å². The molecule has 0 radical (unpaired) electrons. The van der Waals surface area contributed by atoms with Gasteiger partial charge in [-0.25, -0.2) is 4.79 Å². The molecule has 7 heteroatoms. The molecular formula is C18H19ClN2O4. The molecule has 0 aliphatic rings. The van der Waals surface area contributed by atoms with Crippen molar-refractivity contribution in [3.05, 3.63) is 53.6 Å². The van der Waals surface area contributed by atoms with Gasteiger partial charge in [-0.2, -0.15) is 0 Å². The fourth-order valence-electron chi connectivity index (χ4n) is 1.93. The maximum atomic E-state index is 11.8. The highest BCUT2D eigenvalue weighted by Gasteiger charge is 2.10. The predicted octanol–water partition coefficient (Wildman–Crippen LogP) is 2.97. The van der Waals surface area contributed by atoms with Gasteiger partial charge in [0, 0.05) is 25.5 Å². The zero-order chi connectivity index (χ0) is 18.2. The molecule has 0 saturated heterocycles. The SMILES string of the molecule is CN(C)c1ccc(NC(=O)COC(=O)COc2ccccc2Cl)cc1. The summed E-state index contributed by atoms with van der Waals surface area (Å²) in [5.41, 5.74) is 1.64. The van der Waals surface area contributed by atoms with Crippen LogP contribution in [0.5, 0.6) is 5.75 Å². The van der Waals surface area contributed by atoms with E-state index in [4.69, 9.17) is 21.1 Å². The molecule has 0 fully saturated rings. The summed E-state index contributed by atoms with van der Waals surface area (Å²) < 4.78 is 10.1. The van der Waals surface area contributed by atoms with Gasteiger partial charge in [0.05, 0.1) is 5.02 Å². The lowest BCUT2D eigenvalue weighted by Crippen LogP contribution is -2.23. The molecule has 0 atom stereocenters. The third-order valence-corrected chi connectivity index (χ3v) is 3.53. The number of esters is 1. The number of rotatable bonds is 7. The molecule has 2 rings (SSSR count). The molecule has 2 aromatic rings. The van der Waals surface area contributed by atoms with Gasteiger partial charge in [-0.1, -0.05) is 23.7 Å². The molecule has 0 aliphatic heterocycles. The molecule has 25 heavy (non-hydrogen) atoms. The molecular weight excluding hydrogens is 344 g/mol. The van der Waals surface area contributed by atoms with Crippen molar-refractivity contribution >= 4 is 34.9 Å². The van der Waals surface area contributed by atoms with Gasteiger partial charge in [-0.15, -0.1) is 0 Å². The van der Waals surface area contributed by atoms with E-state index in [1.165, 1.54) is 0 Å². The van der Waals surface area contributed by atoms with E-state index in [9.17, 15) is 9.59 Å². The molecule has 0 saturated carbocycles. The van der Waals surface area contributed by atoms with Gasteiger partial charge in [-0.3, -0.25) is 4.79 Å². The minimum atomic E-state index is -0.655. The van der Waals surface area contributed by atoms with Crippen LogP contribution >= 0.6 is 11.6 Å². The number of nitrogens with zero attached hydrogens (tertiary/aromatic N) is 1. The summed E-state index contributed by atoms with van der Waals surface area (Å²) in [7, 11) is 3.86. The topological polar surface area (TPSA) is 67.9 Å². The highest BCUT2D eigenvalue weighted by molar-refractivity contribution is 6.32. The van der Waals surface area contributed by atoms with Crippen LogP contribution in [0.4, 0.5) is 11.4 Å². The molecule has 132 valence electrons. The van der Waals surface area contributed by atoms with Crippen LogP contribution in [-0.2, 0) is 14.3 Å². The second-order valence-electron chi connectivity index (χ2n) is 5.37. The van der Waals surface area contributed by atoms with Crippen LogP contribution < -0.4 is 15.0 Å². The molecule has 6 nitrogen and oxygen atoms in total. The van der Waals surface area contributed by atoms with Crippen LogP contribution in [0.15, 0.2) is 48.5 Å². The summed E-state index contributed by atoms with van der Waals surface area (Å²) in [4.78, 5) is 25.4. The average molecular weight is 363 g/mol. The van der Waals surface area contributed by atoms with Crippen molar-refractivity contribution in [2.24, 2.45) is 0 Å². The van der Waals surface area contributed by atoms with E-state index in [0.29, 0.717) is 16.5 Å². The Labute approximate surface area is 151 Å². The van der Waals surface area contributed by atoms with E-state index in [1.807, 2.05) is 31.1 Å². The van der Waals surface area contributed by atoms with Crippen molar-refractivity contribution in [1.82, 2.24) is 0 Å². The number of amides is 1. The zero-order valence-corrected chi connectivity index (χ0v) is 14.7. The van der Waals surface area contributed by atoms with Gasteiger partial charge in [0.25, 0.3) is 5.91 Å². The molecule has 1 N–H and O–H groups in total. The standard InChI is InChI=1S/C18H19ClN2O4/c1-21(2)14-9-7-13(8-10-14)20-17(22)11-25-18(23)12-24-16-6-4-3-5-15(16)19/h3-10H,11-12H2,1-2H3,(H,20,22). The van der Waals surface area contributed by atoms with Gasteiger partial charge in [0.1, 0.15) is 5.75 Å². The fourth-order valence-corrected chi connectivity index (χ4v) is 2.12. The smallest absolute Gasteiger partial charge is 0.344 e. The Morgan fingerprint density at radius 1 is 1.04 bits per heavy atom. The second kappa shape index (κ2) is 8.94. The zero-order valence-electron chi connectivity index (χ0n) is 14.0. The Morgan fingerprint density at radius 2 is 1.72 bits per heavy atom. The Balaban J connectivity index is 1.74. The monoisotopic (exact) mass is 362 g/mol. The van der Waals surface area contributed by atoms with Crippen molar-refractivity contribution in [3.63, 3.8) is 0 Å². The van der Waals surface area contributed by atoms with Crippen molar-refractivity contribution in [2.75, 3.05) is 37.5 Å². The number of carbonyl (C=O) groups is 2. The quantitative estimate of drug-likeness (QED) is 0.767. The summed E-state index contributed by atoms with van der Waals surface area (Å²) in [6, 6.07) is 14.1. The molecule has 0 aliphatic carbocycles. The minimum Gasteiger partial charge on any atom is -0.480 e.